The summed E-state index contributed by atoms with van der Waals surface area (Å²) in [4.78, 5) is 21.3. The second-order valence-corrected chi connectivity index (χ2v) is 5.79. The predicted octanol–water partition coefficient (Wildman–Crippen LogP) is 4.46. The highest BCUT2D eigenvalue weighted by Gasteiger charge is 2.20. The fourth-order valence-corrected chi connectivity index (χ4v) is 2.97. The van der Waals surface area contributed by atoms with E-state index < -0.39 is 11.9 Å². The summed E-state index contributed by atoms with van der Waals surface area (Å²) in [7, 11) is 0. The monoisotopic (exact) mass is 332 g/mol. The van der Waals surface area contributed by atoms with E-state index >= 15 is 0 Å². The van der Waals surface area contributed by atoms with Crippen molar-refractivity contribution in [1.29, 1.82) is 0 Å². The second-order valence-electron chi connectivity index (χ2n) is 5.79. The van der Waals surface area contributed by atoms with Crippen molar-refractivity contribution in [2.45, 2.75) is 33.2 Å². The van der Waals surface area contributed by atoms with Gasteiger partial charge in [0.2, 0.25) is 0 Å². The first-order chi connectivity index (χ1) is 11.4. The van der Waals surface area contributed by atoms with E-state index in [1.165, 1.54) is 12.1 Å². The molecule has 0 heterocycles. The Bertz CT molecular complexity index is 758. The summed E-state index contributed by atoms with van der Waals surface area (Å²) in [5.41, 5.74) is 5.71. The van der Waals surface area contributed by atoms with Crippen LogP contribution in [0.4, 0.5) is 8.78 Å². The van der Waals surface area contributed by atoms with Crippen molar-refractivity contribution in [3.05, 3.63) is 63.1 Å². The van der Waals surface area contributed by atoms with E-state index in [2.05, 4.69) is 10.7 Å². The molecule has 0 saturated carbocycles. The van der Waals surface area contributed by atoms with Crippen molar-refractivity contribution in [2.24, 2.45) is 5.29 Å². The van der Waals surface area contributed by atoms with Crippen LogP contribution in [0.3, 0.4) is 0 Å². The number of halogens is 2. The summed E-state index contributed by atoms with van der Waals surface area (Å²) >= 11 is 0. The third kappa shape index (κ3) is 3.48. The number of nitrogens with zero attached hydrogens (tertiary/aromatic N) is 1. The van der Waals surface area contributed by atoms with Crippen molar-refractivity contribution in [3.63, 3.8) is 0 Å². The van der Waals surface area contributed by atoms with Gasteiger partial charge in [0.05, 0.1) is 11.3 Å². The number of nitroso groups, excluding NO2 is 1. The van der Waals surface area contributed by atoms with E-state index in [1.54, 1.807) is 32.9 Å². The Hall–Kier alpha value is -2.63. The van der Waals surface area contributed by atoms with Gasteiger partial charge in [-0.25, -0.2) is 8.78 Å². The SMILES string of the molecule is Cc1cc(-c2c(C)cc(F)cc2C)cc([C@H](CC=O)NN=O)c1F. The third-order valence-electron chi connectivity index (χ3n) is 3.98. The molecule has 126 valence electrons. The van der Waals surface area contributed by atoms with Crippen LogP contribution in [-0.2, 0) is 4.79 Å². The molecule has 6 heteroatoms. The molecule has 0 spiro atoms. The van der Waals surface area contributed by atoms with Gasteiger partial charge in [0.15, 0.2) is 0 Å². The average molecular weight is 332 g/mol. The molecule has 1 atom stereocenters. The summed E-state index contributed by atoms with van der Waals surface area (Å²) in [5.74, 6) is -0.836. The normalized spacial score (nSPS) is 11.9. The fourth-order valence-electron chi connectivity index (χ4n) is 2.97. The number of nitrogens with one attached hydrogen (secondary N) is 1. The number of aldehydes is 1. The Labute approximate surface area is 138 Å². The molecule has 4 nitrogen and oxygen atoms in total. The highest BCUT2D eigenvalue weighted by molar-refractivity contribution is 5.72. The molecule has 0 unspecified atom stereocenters. The van der Waals surface area contributed by atoms with Crippen LogP contribution in [0.2, 0.25) is 0 Å². The zero-order chi connectivity index (χ0) is 17.9. The van der Waals surface area contributed by atoms with Crippen molar-refractivity contribution < 1.29 is 13.6 Å². The molecule has 1 N–H and O–H groups in total. The van der Waals surface area contributed by atoms with Gasteiger partial charge in [0.1, 0.15) is 17.9 Å². The van der Waals surface area contributed by atoms with Crippen LogP contribution in [0, 0.1) is 37.3 Å². The minimum atomic E-state index is -0.847. The standard InChI is InChI=1S/C18H18F2N2O2/c1-10-7-14(19)8-11(2)17(10)13-6-12(3)18(20)15(9-13)16(4-5-23)21-22-24/h5-9,16H,4H2,1-3H3,(H,21,24)/t16-/m0/s1. The Kier molecular flexibility index (Phi) is 5.39. The summed E-state index contributed by atoms with van der Waals surface area (Å²) in [5, 5.41) is 2.58. The molecule has 0 aliphatic carbocycles. The molecule has 24 heavy (non-hydrogen) atoms. The Morgan fingerprint density at radius 1 is 1.08 bits per heavy atom. The highest BCUT2D eigenvalue weighted by Crippen LogP contribution is 2.33. The Balaban J connectivity index is 2.66. The first kappa shape index (κ1) is 17.7. The lowest BCUT2D eigenvalue weighted by Crippen LogP contribution is -2.17. The van der Waals surface area contributed by atoms with Gasteiger partial charge in [-0.3, -0.25) is 5.43 Å². The summed E-state index contributed by atoms with van der Waals surface area (Å²) in [6.45, 7) is 5.15. The van der Waals surface area contributed by atoms with E-state index in [0.717, 1.165) is 16.7 Å². The number of carbonyl (C=O) groups excluding carboxylic acids is 1. The van der Waals surface area contributed by atoms with Crippen LogP contribution < -0.4 is 5.43 Å². The molecule has 0 aromatic heterocycles. The van der Waals surface area contributed by atoms with Crippen LogP contribution in [0.25, 0.3) is 11.1 Å². The maximum absolute atomic E-state index is 14.5. The molecule has 0 aliphatic heterocycles. The Morgan fingerprint density at radius 3 is 2.25 bits per heavy atom. The van der Waals surface area contributed by atoms with Crippen molar-refractivity contribution in [3.8, 4) is 11.1 Å². The predicted molar refractivity (Wildman–Crippen MR) is 88.4 cm³/mol. The summed E-state index contributed by atoms with van der Waals surface area (Å²) < 4.78 is 28.0. The van der Waals surface area contributed by atoms with Gasteiger partial charge < -0.3 is 4.79 Å². The van der Waals surface area contributed by atoms with Gasteiger partial charge >= 0.3 is 0 Å². The molecular formula is C18H18F2N2O2. The van der Waals surface area contributed by atoms with Gasteiger partial charge in [-0.2, -0.15) is 0 Å². The van der Waals surface area contributed by atoms with Crippen LogP contribution in [0.15, 0.2) is 29.6 Å². The maximum Gasteiger partial charge on any atom is 0.131 e. The van der Waals surface area contributed by atoms with Gasteiger partial charge in [-0.15, -0.1) is 4.91 Å². The molecule has 0 aliphatic rings. The molecule has 2 aromatic carbocycles. The summed E-state index contributed by atoms with van der Waals surface area (Å²) in [6.07, 6.45) is 0.506. The average Bonchev–Trinajstić information content (AvgIpc) is 2.49. The molecule has 2 aromatic rings. The van der Waals surface area contributed by atoms with E-state index in [4.69, 9.17) is 0 Å². The number of benzene rings is 2. The zero-order valence-corrected chi connectivity index (χ0v) is 13.7. The largest absolute Gasteiger partial charge is 0.303 e. The quantitative estimate of drug-likeness (QED) is 0.483. The fraction of sp³-hybridized carbons (Fsp3) is 0.278. The van der Waals surface area contributed by atoms with Gasteiger partial charge in [-0.05, 0) is 72.9 Å². The van der Waals surface area contributed by atoms with E-state index in [0.29, 0.717) is 17.4 Å². The lowest BCUT2D eigenvalue weighted by Gasteiger charge is -2.18. The van der Waals surface area contributed by atoms with Crippen molar-refractivity contribution in [1.82, 2.24) is 5.43 Å². The molecule has 0 bridgehead atoms. The van der Waals surface area contributed by atoms with Crippen molar-refractivity contribution >= 4 is 6.29 Å². The summed E-state index contributed by atoms with van der Waals surface area (Å²) in [6, 6.07) is 5.21. The number of carbonyl (C=O) groups is 1. The lowest BCUT2D eigenvalue weighted by molar-refractivity contribution is -0.108. The van der Waals surface area contributed by atoms with E-state index in [-0.39, 0.29) is 17.8 Å². The van der Waals surface area contributed by atoms with Crippen LogP contribution in [0.5, 0.6) is 0 Å². The topological polar surface area (TPSA) is 58.5 Å². The maximum atomic E-state index is 14.5. The minimum Gasteiger partial charge on any atom is -0.303 e. The highest BCUT2D eigenvalue weighted by atomic mass is 19.1. The first-order valence-electron chi connectivity index (χ1n) is 7.47. The molecule has 0 saturated heterocycles. The molecule has 0 fully saturated rings. The molecular weight excluding hydrogens is 314 g/mol. The number of hydrogen-bond acceptors (Lipinski definition) is 3. The Morgan fingerprint density at radius 2 is 1.71 bits per heavy atom. The number of rotatable bonds is 6. The second kappa shape index (κ2) is 7.29. The first-order valence-corrected chi connectivity index (χ1v) is 7.47. The van der Waals surface area contributed by atoms with Crippen molar-refractivity contribution in [2.75, 3.05) is 0 Å². The van der Waals surface area contributed by atoms with Crippen LogP contribution in [0.1, 0.15) is 34.7 Å². The van der Waals surface area contributed by atoms with Gasteiger partial charge in [0, 0.05) is 12.0 Å². The lowest BCUT2D eigenvalue weighted by atomic mass is 9.91. The number of hydrogen-bond donors (Lipinski definition) is 1. The molecule has 0 amide bonds. The van der Waals surface area contributed by atoms with Crippen LogP contribution >= 0.6 is 0 Å². The molecule has 0 radical (unpaired) electrons. The third-order valence-corrected chi connectivity index (χ3v) is 3.98. The van der Waals surface area contributed by atoms with Crippen LogP contribution in [-0.4, -0.2) is 6.29 Å². The van der Waals surface area contributed by atoms with E-state index in [1.807, 2.05) is 0 Å². The number of aryl methyl sites for hydroxylation is 3. The minimum absolute atomic E-state index is 0.0903. The zero-order valence-electron chi connectivity index (χ0n) is 13.7. The van der Waals surface area contributed by atoms with Gasteiger partial charge in [-0.1, -0.05) is 0 Å². The van der Waals surface area contributed by atoms with E-state index in [9.17, 15) is 18.5 Å². The molecule has 2 rings (SSSR count). The smallest absolute Gasteiger partial charge is 0.131 e. The van der Waals surface area contributed by atoms with Gasteiger partial charge in [0.25, 0.3) is 0 Å².